The van der Waals surface area contributed by atoms with Crippen molar-refractivity contribution in [1.29, 1.82) is 0 Å². The van der Waals surface area contributed by atoms with Crippen LogP contribution in [0.2, 0.25) is 0 Å². The average molecular weight is 408 g/mol. The Kier molecular flexibility index (Phi) is 12.1. The third-order valence-electron chi connectivity index (χ3n) is 4.33. The highest BCUT2D eigenvalue weighted by molar-refractivity contribution is 5.81. The molecule has 0 aliphatic rings. The van der Waals surface area contributed by atoms with Gasteiger partial charge in [0.25, 0.3) is 0 Å². The summed E-state index contributed by atoms with van der Waals surface area (Å²) in [6.45, 7) is 1.04. The van der Waals surface area contributed by atoms with Crippen LogP contribution in [0.5, 0.6) is 0 Å². The minimum Gasteiger partial charge on any atom is -0.480 e. The first-order valence-electron chi connectivity index (χ1n) is 9.87. The molecule has 29 heavy (non-hydrogen) atoms. The number of ether oxygens (including phenoxy) is 1. The van der Waals surface area contributed by atoms with Gasteiger partial charge in [-0.1, -0.05) is 36.8 Å². The Hall–Kier alpha value is -2.65. The third kappa shape index (κ3) is 11.1. The van der Waals surface area contributed by atoms with E-state index in [4.69, 9.17) is 16.2 Å². The summed E-state index contributed by atoms with van der Waals surface area (Å²) in [5, 5.41) is 14.4. The number of nitrogens with two attached hydrogens (primary N) is 2. The lowest BCUT2D eigenvalue weighted by Gasteiger charge is -2.15. The third-order valence-corrected chi connectivity index (χ3v) is 4.33. The number of carboxylic acids is 1. The lowest BCUT2D eigenvalue weighted by molar-refractivity contribution is -0.139. The van der Waals surface area contributed by atoms with Gasteiger partial charge in [-0.3, -0.25) is 4.79 Å². The van der Waals surface area contributed by atoms with Gasteiger partial charge in [0.1, 0.15) is 12.6 Å². The molecule has 7 N–H and O–H groups in total. The number of rotatable bonds is 14. The maximum atomic E-state index is 11.8. The number of unbranched alkanes of at least 4 members (excludes halogenated alkanes) is 2. The van der Waals surface area contributed by atoms with Crippen molar-refractivity contribution >= 4 is 18.0 Å². The minimum atomic E-state index is -1.13. The monoisotopic (exact) mass is 408 g/mol. The van der Waals surface area contributed by atoms with Crippen LogP contribution in [0, 0.1) is 0 Å². The summed E-state index contributed by atoms with van der Waals surface area (Å²) in [5.41, 5.74) is 12.0. The van der Waals surface area contributed by atoms with Crippen LogP contribution in [0.25, 0.3) is 0 Å². The van der Waals surface area contributed by atoms with E-state index in [1.165, 1.54) is 0 Å². The van der Waals surface area contributed by atoms with E-state index < -0.39 is 24.1 Å². The molecule has 9 nitrogen and oxygen atoms in total. The van der Waals surface area contributed by atoms with Crippen molar-refractivity contribution in [1.82, 2.24) is 10.6 Å². The predicted octanol–water partition coefficient (Wildman–Crippen LogP) is 1.11. The maximum absolute atomic E-state index is 11.8. The van der Waals surface area contributed by atoms with Gasteiger partial charge in [-0.2, -0.15) is 0 Å². The number of carboxylic acid groups (broad SMARTS) is 1. The molecule has 0 aromatic heterocycles. The molecule has 2 atom stereocenters. The van der Waals surface area contributed by atoms with Crippen molar-refractivity contribution in [2.45, 2.75) is 57.2 Å². The van der Waals surface area contributed by atoms with E-state index >= 15 is 0 Å². The summed E-state index contributed by atoms with van der Waals surface area (Å²) in [4.78, 5) is 35.0. The Balaban J connectivity index is 2.22. The summed E-state index contributed by atoms with van der Waals surface area (Å²) < 4.78 is 5.04. The van der Waals surface area contributed by atoms with Crippen LogP contribution in [0.1, 0.15) is 44.1 Å². The van der Waals surface area contributed by atoms with Crippen molar-refractivity contribution < 1.29 is 24.2 Å². The van der Waals surface area contributed by atoms with Crippen molar-refractivity contribution in [2.75, 3.05) is 13.1 Å². The standard InChI is InChI=1S/C20H32N4O5/c21-12-6-4-10-16(22)18(25)23-13-7-5-11-17(19(26)27)24-20(28)29-14-15-8-2-1-3-9-15/h1-3,8-9,16-17H,4-7,10-14,21-22H2,(H,23,25)(H,24,28)(H,26,27)/t16-,17-/m0/s1. The molecule has 162 valence electrons. The van der Waals surface area contributed by atoms with Crippen molar-refractivity contribution in [3.8, 4) is 0 Å². The molecule has 0 radical (unpaired) electrons. The zero-order chi connectivity index (χ0) is 21.5. The first kappa shape index (κ1) is 24.4. The van der Waals surface area contributed by atoms with Gasteiger partial charge in [0.2, 0.25) is 5.91 Å². The van der Waals surface area contributed by atoms with Gasteiger partial charge in [-0.25, -0.2) is 9.59 Å². The summed E-state index contributed by atoms with van der Waals surface area (Å²) >= 11 is 0. The average Bonchev–Trinajstić information content (AvgIpc) is 2.71. The molecule has 0 bridgehead atoms. The van der Waals surface area contributed by atoms with Gasteiger partial charge in [-0.05, 0) is 44.2 Å². The highest BCUT2D eigenvalue weighted by Gasteiger charge is 2.20. The zero-order valence-corrected chi connectivity index (χ0v) is 16.6. The highest BCUT2D eigenvalue weighted by Crippen LogP contribution is 2.04. The van der Waals surface area contributed by atoms with E-state index in [2.05, 4.69) is 10.6 Å². The molecule has 0 saturated carbocycles. The predicted molar refractivity (Wildman–Crippen MR) is 109 cm³/mol. The number of nitrogens with one attached hydrogen (secondary N) is 2. The number of amides is 2. The number of benzene rings is 1. The molecular weight excluding hydrogens is 376 g/mol. The SMILES string of the molecule is NCCCC[C@H](N)C(=O)NCCCC[C@H](NC(=O)OCc1ccccc1)C(=O)O. The molecular formula is C20H32N4O5. The first-order valence-corrected chi connectivity index (χ1v) is 9.87. The Labute approximate surface area is 171 Å². The largest absolute Gasteiger partial charge is 0.480 e. The molecule has 0 aliphatic heterocycles. The molecule has 0 spiro atoms. The van der Waals surface area contributed by atoms with E-state index in [1.54, 1.807) is 12.1 Å². The van der Waals surface area contributed by atoms with Crippen LogP contribution in [0.4, 0.5) is 4.79 Å². The number of hydrogen-bond donors (Lipinski definition) is 5. The topological polar surface area (TPSA) is 157 Å². The fraction of sp³-hybridized carbons (Fsp3) is 0.550. The van der Waals surface area contributed by atoms with Gasteiger partial charge in [0.15, 0.2) is 0 Å². The van der Waals surface area contributed by atoms with E-state index in [0.717, 1.165) is 18.4 Å². The Bertz CT molecular complexity index is 627. The van der Waals surface area contributed by atoms with Gasteiger partial charge < -0.3 is 31.9 Å². The van der Waals surface area contributed by atoms with Gasteiger partial charge in [0, 0.05) is 6.54 Å². The molecule has 0 unspecified atom stereocenters. The Morgan fingerprint density at radius 3 is 2.38 bits per heavy atom. The molecule has 1 rings (SSSR count). The van der Waals surface area contributed by atoms with E-state index in [1.807, 2.05) is 18.2 Å². The molecule has 2 amide bonds. The smallest absolute Gasteiger partial charge is 0.408 e. The molecule has 0 heterocycles. The lowest BCUT2D eigenvalue weighted by Crippen LogP contribution is -2.42. The summed E-state index contributed by atoms with van der Waals surface area (Å²) in [6.07, 6.45) is 2.76. The van der Waals surface area contributed by atoms with Crippen molar-refractivity contribution in [2.24, 2.45) is 11.5 Å². The van der Waals surface area contributed by atoms with E-state index in [-0.39, 0.29) is 18.9 Å². The van der Waals surface area contributed by atoms with E-state index in [0.29, 0.717) is 32.4 Å². The van der Waals surface area contributed by atoms with Crippen LogP contribution in [0.3, 0.4) is 0 Å². The summed E-state index contributed by atoms with van der Waals surface area (Å²) in [5.74, 6) is -1.35. The van der Waals surface area contributed by atoms with Crippen molar-refractivity contribution in [3.05, 3.63) is 35.9 Å². The van der Waals surface area contributed by atoms with Crippen LogP contribution in [-0.4, -0.2) is 48.2 Å². The first-order chi connectivity index (χ1) is 13.9. The van der Waals surface area contributed by atoms with Crippen LogP contribution in [0.15, 0.2) is 30.3 Å². The quantitative estimate of drug-likeness (QED) is 0.289. The molecule has 1 aromatic carbocycles. The molecule has 0 fully saturated rings. The molecule has 0 saturated heterocycles. The van der Waals surface area contributed by atoms with Gasteiger partial charge in [-0.15, -0.1) is 0 Å². The zero-order valence-electron chi connectivity index (χ0n) is 16.6. The molecule has 0 aliphatic carbocycles. The Morgan fingerprint density at radius 1 is 1.03 bits per heavy atom. The highest BCUT2D eigenvalue weighted by atomic mass is 16.5. The lowest BCUT2D eigenvalue weighted by atomic mass is 10.1. The normalized spacial score (nSPS) is 12.6. The van der Waals surface area contributed by atoms with Crippen molar-refractivity contribution in [3.63, 3.8) is 0 Å². The van der Waals surface area contributed by atoms with Crippen LogP contribution >= 0.6 is 0 Å². The minimum absolute atomic E-state index is 0.0661. The Morgan fingerprint density at radius 2 is 1.72 bits per heavy atom. The molecule has 9 heteroatoms. The van der Waals surface area contributed by atoms with Crippen LogP contribution < -0.4 is 22.1 Å². The summed E-state index contributed by atoms with van der Waals surface area (Å²) in [6, 6.07) is 7.50. The van der Waals surface area contributed by atoms with E-state index in [9.17, 15) is 19.5 Å². The second-order valence-corrected chi connectivity index (χ2v) is 6.77. The van der Waals surface area contributed by atoms with Crippen LogP contribution in [-0.2, 0) is 20.9 Å². The maximum Gasteiger partial charge on any atom is 0.408 e. The number of carbonyl (C=O) groups is 3. The van der Waals surface area contributed by atoms with Gasteiger partial charge >= 0.3 is 12.1 Å². The number of aliphatic carboxylic acids is 1. The number of alkyl carbamates (subject to hydrolysis) is 1. The second kappa shape index (κ2) is 14.4. The number of carbonyl (C=O) groups excluding carboxylic acids is 2. The van der Waals surface area contributed by atoms with Gasteiger partial charge in [0.05, 0.1) is 6.04 Å². The fourth-order valence-corrected chi connectivity index (χ4v) is 2.62. The molecule has 1 aromatic rings. The fourth-order valence-electron chi connectivity index (χ4n) is 2.62. The second-order valence-electron chi connectivity index (χ2n) is 6.77. The number of hydrogen-bond acceptors (Lipinski definition) is 6. The summed E-state index contributed by atoms with van der Waals surface area (Å²) in [7, 11) is 0.